The van der Waals surface area contributed by atoms with E-state index in [2.05, 4.69) is 61.5 Å². The molecule has 2 aliphatic rings. The van der Waals surface area contributed by atoms with Crippen molar-refractivity contribution < 1.29 is 0 Å². The molecular weight excluding hydrogens is 264 g/mol. The van der Waals surface area contributed by atoms with E-state index in [1.54, 1.807) is 16.7 Å². The van der Waals surface area contributed by atoms with Gasteiger partial charge >= 0.3 is 0 Å². The molecular formula is C22H26. The fourth-order valence-electron chi connectivity index (χ4n) is 5.25. The highest BCUT2D eigenvalue weighted by atomic mass is 14.5. The molecule has 0 amide bonds. The van der Waals surface area contributed by atoms with Crippen LogP contribution in [0.2, 0.25) is 0 Å². The largest absolute Gasteiger partial charge is 0.0622 e. The summed E-state index contributed by atoms with van der Waals surface area (Å²) in [6.07, 6.45) is 8.16. The molecule has 2 aliphatic carbocycles. The molecule has 3 atom stereocenters. The molecule has 2 aromatic rings. The molecule has 0 radical (unpaired) electrons. The van der Waals surface area contributed by atoms with Crippen molar-refractivity contribution in [3.05, 3.63) is 71.3 Å². The van der Waals surface area contributed by atoms with Crippen LogP contribution >= 0.6 is 0 Å². The molecule has 114 valence electrons. The maximum Gasteiger partial charge on any atom is -0.00962 e. The highest BCUT2D eigenvalue weighted by Gasteiger charge is 2.45. The zero-order valence-electron chi connectivity index (χ0n) is 13.6. The van der Waals surface area contributed by atoms with Gasteiger partial charge in [-0.05, 0) is 59.6 Å². The molecule has 0 aromatic heterocycles. The summed E-state index contributed by atoms with van der Waals surface area (Å²) in [5.74, 6) is 1.47. The van der Waals surface area contributed by atoms with Crippen LogP contribution in [0.5, 0.6) is 0 Å². The molecule has 22 heavy (non-hydrogen) atoms. The second-order valence-corrected chi connectivity index (χ2v) is 7.50. The molecule has 0 saturated heterocycles. The first-order valence-electron chi connectivity index (χ1n) is 8.92. The van der Waals surface area contributed by atoms with Gasteiger partial charge in [-0.1, -0.05) is 74.4 Å². The van der Waals surface area contributed by atoms with Crippen LogP contribution in [0.4, 0.5) is 0 Å². The zero-order chi connectivity index (χ0) is 15.0. The quantitative estimate of drug-likeness (QED) is 0.628. The average Bonchev–Trinajstić information content (AvgIpc) is 3.01. The molecule has 0 bridgehead atoms. The Balaban J connectivity index is 1.74. The fraction of sp³-hybridized carbons (Fsp3) is 0.455. The van der Waals surface area contributed by atoms with Crippen LogP contribution in [0.25, 0.3) is 0 Å². The molecule has 1 saturated carbocycles. The van der Waals surface area contributed by atoms with Crippen LogP contribution < -0.4 is 0 Å². The summed E-state index contributed by atoms with van der Waals surface area (Å²) in [5.41, 5.74) is 5.24. The molecule has 1 fully saturated rings. The second kappa shape index (κ2) is 5.57. The summed E-state index contributed by atoms with van der Waals surface area (Å²) < 4.78 is 0. The predicted octanol–water partition coefficient (Wildman–Crippen LogP) is 6.08. The van der Waals surface area contributed by atoms with Gasteiger partial charge in [0.2, 0.25) is 0 Å². The van der Waals surface area contributed by atoms with E-state index in [0.717, 1.165) is 11.8 Å². The topological polar surface area (TPSA) is 0 Å². The number of aryl methyl sites for hydroxylation is 1. The first-order chi connectivity index (χ1) is 10.8. The lowest BCUT2D eigenvalue weighted by atomic mass is 9.57. The minimum Gasteiger partial charge on any atom is -0.0622 e. The fourth-order valence-corrected chi connectivity index (χ4v) is 5.25. The highest BCUT2D eigenvalue weighted by Crippen LogP contribution is 2.58. The Morgan fingerprint density at radius 1 is 0.818 bits per heavy atom. The van der Waals surface area contributed by atoms with E-state index in [1.807, 2.05) is 0 Å². The van der Waals surface area contributed by atoms with Gasteiger partial charge in [0.1, 0.15) is 0 Å². The van der Waals surface area contributed by atoms with E-state index in [0.29, 0.717) is 5.41 Å². The first-order valence-corrected chi connectivity index (χ1v) is 8.92. The maximum atomic E-state index is 2.58. The van der Waals surface area contributed by atoms with Gasteiger partial charge < -0.3 is 0 Å². The van der Waals surface area contributed by atoms with Crippen molar-refractivity contribution in [2.75, 3.05) is 0 Å². The SMILES string of the molecule is C[C@]1([C@H]2CCc3ccccc32)CCCCC1c1ccccc1. The lowest BCUT2D eigenvalue weighted by molar-refractivity contribution is 0.131. The number of rotatable bonds is 2. The van der Waals surface area contributed by atoms with Crippen molar-refractivity contribution in [3.8, 4) is 0 Å². The molecule has 0 heteroatoms. The van der Waals surface area contributed by atoms with Crippen LogP contribution in [0.3, 0.4) is 0 Å². The number of benzene rings is 2. The van der Waals surface area contributed by atoms with Gasteiger partial charge in [0.05, 0.1) is 0 Å². The molecule has 2 aromatic carbocycles. The van der Waals surface area contributed by atoms with Crippen LogP contribution in [0.1, 0.15) is 67.6 Å². The number of hydrogen-bond donors (Lipinski definition) is 0. The van der Waals surface area contributed by atoms with Crippen molar-refractivity contribution in [3.63, 3.8) is 0 Å². The van der Waals surface area contributed by atoms with Gasteiger partial charge in [0.25, 0.3) is 0 Å². The van der Waals surface area contributed by atoms with E-state index in [4.69, 9.17) is 0 Å². The predicted molar refractivity (Wildman–Crippen MR) is 93.3 cm³/mol. The monoisotopic (exact) mass is 290 g/mol. The van der Waals surface area contributed by atoms with Gasteiger partial charge in [0, 0.05) is 0 Å². The van der Waals surface area contributed by atoms with E-state index in [-0.39, 0.29) is 0 Å². The average molecular weight is 290 g/mol. The third kappa shape index (κ3) is 2.20. The van der Waals surface area contributed by atoms with E-state index < -0.39 is 0 Å². The highest BCUT2D eigenvalue weighted by molar-refractivity contribution is 5.38. The molecule has 0 aliphatic heterocycles. The molecule has 0 N–H and O–H groups in total. The standard InChI is InChI=1S/C22H26/c1-22(21-15-14-17-9-5-6-12-19(17)21)16-8-7-13-20(22)18-10-3-2-4-11-18/h2-6,9-12,20-21H,7-8,13-16H2,1H3/t20?,21-,22-/m0/s1. The number of fused-ring (bicyclic) bond motifs is 1. The van der Waals surface area contributed by atoms with Crippen molar-refractivity contribution in [2.45, 2.75) is 57.3 Å². The first kappa shape index (κ1) is 14.1. The third-order valence-corrected chi connectivity index (χ3v) is 6.39. The lowest BCUT2D eigenvalue weighted by Crippen LogP contribution is -2.34. The van der Waals surface area contributed by atoms with Crippen LogP contribution in [0, 0.1) is 5.41 Å². The van der Waals surface area contributed by atoms with Gasteiger partial charge in [-0.15, -0.1) is 0 Å². The lowest BCUT2D eigenvalue weighted by Gasteiger charge is -2.46. The second-order valence-electron chi connectivity index (χ2n) is 7.50. The molecule has 0 heterocycles. The minimum absolute atomic E-state index is 0.423. The Bertz CT molecular complexity index is 636. The summed E-state index contributed by atoms with van der Waals surface area (Å²) in [4.78, 5) is 0. The summed E-state index contributed by atoms with van der Waals surface area (Å²) >= 11 is 0. The minimum atomic E-state index is 0.423. The van der Waals surface area contributed by atoms with Crippen molar-refractivity contribution in [2.24, 2.45) is 5.41 Å². The zero-order valence-corrected chi connectivity index (χ0v) is 13.6. The van der Waals surface area contributed by atoms with Crippen LogP contribution in [0.15, 0.2) is 54.6 Å². The Hall–Kier alpha value is -1.56. The van der Waals surface area contributed by atoms with Crippen molar-refractivity contribution in [1.82, 2.24) is 0 Å². The maximum absolute atomic E-state index is 2.58. The Morgan fingerprint density at radius 3 is 2.45 bits per heavy atom. The summed E-state index contributed by atoms with van der Waals surface area (Å²) in [5, 5.41) is 0. The Morgan fingerprint density at radius 2 is 1.59 bits per heavy atom. The van der Waals surface area contributed by atoms with Gasteiger partial charge in [0.15, 0.2) is 0 Å². The van der Waals surface area contributed by atoms with Crippen molar-refractivity contribution >= 4 is 0 Å². The summed E-state index contributed by atoms with van der Waals surface area (Å²) in [6.45, 7) is 2.58. The van der Waals surface area contributed by atoms with Crippen LogP contribution in [-0.4, -0.2) is 0 Å². The third-order valence-electron chi connectivity index (χ3n) is 6.39. The number of hydrogen-bond acceptors (Lipinski definition) is 0. The Labute approximate surface area is 134 Å². The van der Waals surface area contributed by atoms with Crippen molar-refractivity contribution in [1.29, 1.82) is 0 Å². The van der Waals surface area contributed by atoms with E-state index in [1.165, 1.54) is 38.5 Å². The van der Waals surface area contributed by atoms with Gasteiger partial charge in [-0.3, -0.25) is 0 Å². The molecule has 0 spiro atoms. The normalized spacial score (nSPS) is 31.0. The molecule has 0 nitrogen and oxygen atoms in total. The van der Waals surface area contributed by atoms with E-state index >= 15 is 0 Å². The summed E-state index contributed by atoms with van der Waals surface area (Å²) in [6, 6.07) is 20.5. The molecule has 4 rings (SSSR count). The van der Waals surface area contributed by atoms with E-state index in [9.17, 15) is 0 Å². The van der Waals surface area contributed by atoms with Gasteiger partial charge in [-0.25, -0.2) is 0 Å². The van der Waals surface area contributed by atoms with Gasteiger partial charge in [-0.2, -0.15) is 0 Å². The van der Waals surface area contributed by atoms with Crippen LogP contribution in [-0.2, 0) is 6.42 Å². The Kier molecular flexibility index (Phi) is 3.56. The molecule has 1 unspecified atom stereocenters. The smallest absolute Gasteiger partial charge is 0.00962 e. The summed E-state index contributed by atoms with van der Waals surface area (Å²) in [7, 11) is 0.